The fourth-order valence-corrected chi connectivity index (χ4v) is 6.33. The van der Waals surface area contributed by atoms with Gasteiger partial charge in [0.05, 0.1) is 18.5 Å². The first kappa shape index (κ1) is 23.2. The molecule has 2 fully saturated rings. The maximum Gasteiger partial charge on any atom is 0.353 e. The van der Waals surface area contributed by atoms with Gasteiger partial charge < -0.3 is 26.0 Å². The average Bonchev–Trinajstić information content (AvgIpc) is 3.48. The molecule has 3 amide bonds. The maximum atomic E-state index is 13.0. The molecule has 14 heteroatoms. The minimum atomic E-state index is -1.15. The van der Waals surface area contributed by atoms with Crippen LogP contribution in [0.4, 0.5) is 0 Å². The van der Waals surface area contributed by atoms with Crippen molar-refractivity contribution in [3.8, 4) is 0 Å². The first-order valence-electron chi connectivity index (χ1n) is 10.7. The quantitative estimate of drug-likeness (QED) is 0.363. The largest absolute Gasteiger partial charge is 0.477 e. The molecule has 178 valence electrons. The van der Waals surface area contributed by atoms with E-state index in [1.807, 2.05) is 6.92 Å². The van der Waals surface area contributed by atoms with Crippen molar-refractivity contribution in [1.29, 1.82) is 0 Å². The number of likely N-dealkylation sites (tertiary alicyclic amines) is 1. The highest BCUT2D eigenvalue weighted by Gasteiger charge is 2.60. The lowest BCUT2D eigenvalue weighted by Gasteiger charge is -2.47. The molecule has 0 radical (unpaired) electrons. The molecule has 0 bridgehead atoms. The minimum Gasteiger partial charge on any atom is -0.477 e. The molecule has 0 aliphatic carbocycles. The van der Waals surface area contributed by atoms with Gasteiger partial charge in [0.25, 0.3) is 0 Å². The van der Waals surface area contributed by atoms with Gasteiger partial charge in [-0.25, -0.2) is 9.48 Å². The standard InChI is InChI=1S/C19H26N8O5S/c1-9-15-14(10(2)22-12(28)7-26-8-21-23-24-26)18(30)27(15)16(19(31)32)17(9)33-11-3-4-25(6-11)13(29)5-20/h8-11,14-15H,3-7,20H2,1-2H3,(H,22,28)(H,31,32)/t9-,10-,11?,14-,15-/m1/s1. The Bertz CT molecular complexity index is 998. The molecule has 13 nitrogen and oxygen atoms in total. The summed E-state index contributed by atoms with van der Waals surface area (Å²) in [5, 5.41) is 23.3. The SMILES string of the molecule is C[C@@H](NC(=O)Cn1cnnn1)[C@H]1C(=O)N2C(C(=O)O)=C(SC3CCN(C(=O)CN)C3)[C@H](C)[C@H]12. The van der Waals surface area contributed by atoms with E-state index in [0.717, 1.165) is 6.42 Å². The van der Waals surface area contributed by atoms with Crippen LogP contribution in [0.2, 0.25) is 0 Å². The van der Waals surface area contributed by atoms with Crippen LogP contribution in [0.1, 0.15) is 20.3 Å². The lowest BCUT2D eigenvalue weighted by Crippen LogP contribution is -2.66. The third-order valence-corrected chi connectivity index (χ3v) is 7.92. The van der Waals surface area contributed by atoms with Crippen LogP contribution in [0.3, 0.4) is 0 Å². The number of tetrazole rings is 1. The highest BCUT2D eigenvalue weighted by atomic mass is 32.2. The Morgan fingerprint density at radius 2 is 2.15 bits per heavy atom. The van der Waals surface area contributed by atoms with Crippen molar-refractivity contribution < 1.29 is 24.3 Å². The molecule has 4 rings (SSSR count). The molecular weight excluding hydrogens is 452 g/mol. The summed E-state index contributed by atoms with van der Waals surface area (Å²) in [6.45, 7) is 4.58. The number of amides is 3. The number of nitrogens with zero attached hydrogens (tertiary/aromatic N) is 6. The lowest BCUT2D eigenvalue weighted by molar-refractivity contribution is -0.158. The van der Waals surface area contributed by atoms with Crippen molar-refractivity contribution in [3.63, 3.8) is 0 Å². The Morgan fingerprint density at radius 1 is 1.39 bits per heavy atom. The molecule has 0 spiro atoms. The van der Waals surface area contributed by atoms with Gasteiger partial charge in [-0.15, -0.1) is 16.9 Å². The zero-order chi connectivity index (χ0) is 23.9. The lowest BCUT2D eigenvalue weighted by atomic mass is 9.78. The highest BCUT2D eigenvalue weighted by Crippen LogP contribution is 2.51. The number of carbonyl (C=O) groups is 4. The van der Waals surface area contributed by atoms with Crippen LogP contribution in [0.15, 0.2) is 16.9 Å². The normalized spacial score (nSPS) is 27.4. The average molecular weight is 479 g/mol. The molecule has 0 saturated carbocycles. The number of thioether (sulfide) groups is 1. The zero-order valence-electron chi connectivity index (χ0n) is 18.2. The van der Waals surface area contributed by atoms with Crippen molar-refractivity contribution in [1.82, 2.24) is 35.3 Å². The number of fused-ring (bicyclic) bond motifs is 1. The Kier molecular flexibility index (Phi) is 6.38. The van der Waals surface area contributed by atoms with Crippen molar-refractivity contribution in [2.24, 2.45) is 17.6 Å². The van der Waals surface area contributed by atoms with Crippen LogP contribution in [-0.4, -0.2) is 95.8 Å². The number of aromatic nitrogens is 4. The van der Waals surface area contributed by atoms with Crippen molar-refractivity contribution in [2.75, 3.05) is 19.6 Å². The van der Waals surface area contributed by atoms with Crippen molar-refractivity contribution in [3.05, 3.63) is 16.9 Å². The number of carboxylic acids is 1. The van der Waals surface area contributed by atoms with Crippen LogP contribution in [0, 0.1) is 11.8 Å². The fraction of sp³-hybridized carbons (Fsp3) is 0.632. The highest BCUT2D eigenvalue weighted by molar-refractivity contribution is 8.03. The molecule has 33 heavy (non-hydrogen) atoms. The van der Waals surface area contributed by atoms with Gasteiger partial charge >= 0.3 is 5.97 Å². The summed E-state index contributed by atoms with van der Waals surface area (Å²) >= 11 is 1.43. The summed E-state index contributed by atoms with van der Waals surface area (Å²) in [6, 6.07) is -0.841. The topological polar surface area (TPSA) is 177 Å². The molecule has 1 aromatic rings. The van der Waals surface area contributed by atoms with Gasteiger partial charge in [0.15, 0.2) is 0 Å². The molecule has 3 aliphatic heterocycles. The smallest absolute Gasteiger partial charge is 0.353 e. The summed E-state index contributed by atoms with van der Waals surface area (Å²) in [6.07, 6.45) is 2.04. The van der Waals surface area contributed by atoms with E-state index >= 15 is 0 Å². The summed E-state index contributed by atoms with van der Waals surface area (Å²) < 4.78 is 1.27. The molecule has 0 aromatic carbocycles. The van der Waals surface area contributed by atoms with Crippen LogP contribution in [-0.2, 0) is 25.7 Å². The Morgan fingerprint density at radius 3 is 2.79 bits per heavy atom. The van der Waals surface area contributed by atoms with E-state index in [0.29, 0.717) is 18.0 Å². The number of nitrogens with two attached hydrogens (primary N) is 1. The molecule has 3 aliphatic rings. The predicted molar refractivity (Wildman–Crippen MR) is 115 cm³/mol. The van der Waals surface area contributed by atoms with Gasteiger partial charge in [-0.2, -0.15) is 0 Å². The van der Waals surface area contributed by atoms with E-state index in [4.69, 9.17) is 5.73 Å². The second-order valence-electron chi connectivity index (χ2n) is 8.47. The van der Waals surface area contributed by atoms with Crippen LogP contribution >= 0.6 is 11.8 Å². The minimum absolute atomic E-state index is 0.00886. The summed E-state index contributed by atoms with van der Waals surface area (Å²) in [5.41, 5.74) is 5.46. The number of rotatable bonds is 8. The first-order chi connectivity index (χ1) is 15.7. The number of hydrogen-bond donors (Lipinski definition) is 3. The van der Waals surface area contributed by atoms with Crippen LogP contribution in [0.25, 0.3) is 0 Å². The van der Waals surface area contributed by atoms with E-state index in [2.05, 4.69) is 20.8 Å². The molecule has 1 unspecified atom stereocenters. The number of carboxylic acid groups (broad SMARTS) is 1. The second kappa shape index (κ2) is 9.09. The molecule has 4 N–H and O–H groups in total. The van der Waals surface area contributed by atoms with E-state index in [1.165, 1.54) is 27.7 Å². The van der Waals surface area contributed by atoms with Gasteiger partial charge in [-0.3, -0.25) is 14.4 Å². The van der Waals surface area contributed by atoms with Crippen molar-refractivity contribution in [2.45, 2.75) is 44.1 Å². The molecule has 2 saturated heterocycles. The van der Waals surface area contributed by atoms with Crippen LogP contribution < -0.4 is 11.1 Å². The molecule has 4 heterocycles. The Balaban J connectivity index is 1.45. The number of hydrogen-bond acceptors (Lipinski definition) is 9. The van der Waals surface area contributed by atoms with Gasteiger partial charge in [-0.05, 0) is 23.8 Å². The third kappa shape index (κ3) is 4.19. The Hall–Kier alpha value is -3.00. The summed E-state index contributed by atoms with van der Waals surface area (Å²) in [5.74, 6) is -2.69. The number of nitrogens with one attached hydrogen (secondary N) is 1. The van der Waals surface area contributed by atoms with Gasteiger partial charge in [0.2, 0.25) is 17.7 Å². The first-order valence-corrected chi connectivity index (χ1v) is 11.6. The van der Waals surface area contributed by atoms with Gasteiger partial charge in [0, 0.05) is 35.2 Å². The maximum absolute atomic E-state index is 13.0. The van der Waals surface area contributed by atoms with Gasteiger partial charge in [0.1, 0.15) is 18.6 Å². The van der Waals surface area contributed by atoms with E-state index in [-0.39, 0.29) is 53.7 Å². The predicted octanol–water partition coefficient (Wildman–Crippen LogP) is -1.76. The fourth-order valence-electron chi connectivity index (χ4n) is 4.85. The van der Waals surface area contributed by atoms with E-state index < -0.39 is 17.9 Å². The monoisotopic (exact) mass is 478 g/mol. The summed E-state index contributed by atoms with van der Waals surface area (Å²) in [7, 11) is 0. The third-order valence-electron chi connectivity index (χ3n) is 6.38. The van der Waals surface area contributed by atoms with E-state index in [9.17, 15) is 24.3 Å². The summed E-state index contributed by atoms with van der Waals surface area (Å²) in [4.78, 5) is 52.9. The molecule has 5 atom stereocenters. The van der Waals surface area contributed by atoms with Gasteiger partial charge in [-0.1, -0.05) is 6.92 Å². The Labute approximate surface area is 193 Å². The number of aliphatic carboxylic acids is 1. The molecular formula is C19H26N8O5S. The van der Waals surface area contributed by atoms with Crippen LogP contribution in [0.5, 0.6) is 0 Å². The van der Waals surface area contributed by atoms with Crippen molar-refractivity contribution >= 4 is 35.5 Å². The number of carbonyl (C=O) groups excluding carboxylic acids is 3. The molecule has 1 aromatic heterocycles. The number of β-lactam (4-membered cyclic amide) rings is 1. The zero-order valence-corrected chi connectivity index (χ0v) is 19.1. The second-order valence-corrected chi connectivity index (χ2v) is 9.81. The van der Waals surface area contributed by atoms with E-state index in [1.54, 1.807) is 11.8 Å².